The fraction of sp³-hybridized carbons (Fsp3) is 0. The topological polar surface area (TPSA) is 52.6 Å². The Morgan fingerprint density at radius 3 is 0.811 bits per heavy atom. The van der Waals surface area contributed by atoms with Crippen molar-refractivity contribution < 1.29 is 17.7 Å². The van der Waals surface area contributed by atoms with Crippen molar-refractivity contribution >= 4 is 72.7 Å². The average Bonchev–Trinajstić information content (AvgIpc) is 3.73. The fourth-order valence-electron chi connectivity index (χ4n) is 5.70. The van der Waals surface area contributed by atoms with Crippen molar-refractivity contribution in [3.63, 3.8) is 0 Å². The highest BCUT2D eigenvalue weighted by atomic mass is 16.4. The smallest absolute Gasteiger partial charge is 0.263 e. The van der Waals surface area contributed by atoms with E-state index < -0.39 is 6.15 Å². The quantitative estimate of drug-likeness (QED) is 0.289. The molecule has 4 aromatic carbocycles. The maximum absolute atomic E-state index is 6.63. The van der Waals surface area contributed by atoms with Crippen LogP contribution in [0.1, 0.15) is 0 Å². The predicted octanol–water partition coefficient (Wildman–Crippen LogP) is 6.05. The third-order valence-electron chi connectivity index (χ3n) is 7.49. The zero-order valence-electron chi connectivity index (χ0n) is 19.8. The fourth-order valence-corrected chi connectivity index (χ4v) is 5.70. The average molecular weight is 479 g/mol. The Labute approximate surface area is 211 Å². The summed E-state index contributed by atoms with van der Waals surface area (Å²) < 4.78 is 26.5. The molecule has 0 amide bonds. The summed E-state index contributed by atoms with van der Waals surface area (Å²) >= 11 is 0. The van der Waals surface area contributed by atoms with Crippen LogP contribution in [0.25, 0.3) is 43.9 Å². The first kappa shape index (κ1) is 20.3. The predicted molar refractivity (Wildman–Crippen MR) is 149 cm³/mol. The lowest BCUT2D eigenvalue weighted by atomic mass is 9.19. The molecular formula is C32H20BO4-. The molecular weight excluding hydrogens is 459 g/mol. The Morgan fingerprint density at radius 1 is 0.324 bits per heavy atom. The Kier molecular flexibility index (Phi) is 4.14. The summed E-state index contributed by atoms with van der Waals surface area (Å²) in [5.41, 5.74) is 6.08. The van der Waals surface area contributed by atoms with Gasteiger partial charge in [-0.1, -0.05) is 97.1 Å². The van der Waals surface area contributed by atoms with Gasteiger partial charge < -0.3 is 17.7 Å². The number of rotatable bonds is 4. The molecule has 0 atom stereocenters. The third-order valence-corrected chi connectivity index (χ3v) is 7.49. The van der Waals surface area contributed by atoms with Crippen LogP contribution in [-0.4, -0.2) is 6.15 Å². The molecule has 4 heterocycles. The molecule has 8 rings (SSSR count). The van der Waals surface area contributed by atoms with Gasteiger partial charge in [-0.05, 0) is 46.9 Å². The zero-order chi connectivity index (χ0) is 24.4. The number of hydrogen-bond donors (Lipinski definition) is 0. The van der Waals surface area contributed by atoms with Gasteiger partial charge in [0.15, 0.2) is 0 Å². The lowest BCUT2D eigenvalue weighted by molar-refractivity contribution is 0.609. The van der Waals surface area contributed by atoms with Crippen molar-refractivity contribution in [3.8, 4) is 0 Å². The van der Waals surface area contributed by atoms with Crippen LogP contribution in [0, 0.1) is 0 Å². The van der Waals surface area contributed by atoms with E-state index in [1.807, 2.05) is 72.8 Å². The van der Waals surface area contributed by atoms with Crippen LogP contribution < -0.4 is 22.6 Å². The molecule has 8 aromatic rings. The standard InChI is InChI=1S/C32H20BO4/c1-5-13-25-21(9-1)17-29(34-25)33(30-18-22-10-2-6-14-26(22)35-30,31-19-23-11-3-7-15-27(23)36-31)32-20-24-12-4-8-16-28(24)37-32/h1-20H/q-1. The van der Waals surface area contributed by atoms with Crippen molar-refractivity contribution in [3.05, 3.63) is 121 Å². The SMILES string of the molecule is c1ccc2oc([B-](c3cc4ccccc4o3)(c3cc4ccccc4o3)c3cc4ccccc4o3)cc2c1. The summed E-state index contributed by atoms with van der Waals surface area (Å²) in [5.74, 6) is 0. The Hall–Kier alpha value is -4.90. The molecule has 5 heteroatoms. The molecule has 176 valence electrons. The molecule has 0 unspecified atom stereocenters. The van der Waals surface area contributed by atoms with Gasteiger partial charge in [-0.2, -0.15) is 0 Å². The monoisotopic (exact) mass is 479 g/mol. The molecule has 0 bridgehead atoms. The summed E-state index contributed by atoms with van der Waals surface area (Å²) in [6.07, 6.45) is -2.10. The summed E-state index contributed by atoms with van der Waals surface area (Å²) in [6, 6.07) is 40.5. The first-order chi connectivity index (χ1) is 18.3. The second-order valence-corrected chi connectivity index (χ2v) is 9.61. The van der Waals surface area contributed by atoms with E-state index in [2.05, 4.69) is 48.5 Å². The van der Waals surface area contributed by atoms with E-state index in [1.54, 1.807) is 0 Å². The molecule has 37 heavy (non-hydrogen) atoms. The van der Waals surface area contributed by atoms with Crippen LogP contribution in [0.15, 0.2) is 139 Å². The Balaban J connectivity index is 1.56. The second-order valence-electron chi connectivity index (χ2n) is 9.61. The van der Waals surface area contributed by atoms with E-state index in [9.17, 15) is 0 Å². The van der Waals surface area contributed by atoms with E-state index in [1.165, 1.54) is 0 Å². The second kappa shape index (κ2) is 7.55. The lowest BCUT2D eigenvalue weighted by Crippen LogP contribution is -2.73. The van der Waals surface area contributed by atoms with E-state index in [4.69, 9.17) is 17.7 Å². The molecule has 0 saturated heterocycles. The van der Waals surface area contributed by atoms with Gasteiger partial charge >= 0.3 is 0 Å². The lowest BCUT2D eigenvalue weighted by Gasteiger charge is -2.32. The number of para-hydroxylation sites is 4. The van der Waals surface area contributed by atoms with E-state index in [-0.39, 0.29) is 0 Å². The molecule has 0 aliphatic carbocycles. The molecule has 0 aliphatic rings. The van der Waals surface area contributed by atoms with Crippen molar-refractivity contribution in [1.29, 1.82) is 0 Å². The number of hydrogen-bond acceptors (Lipinski definition) is 4. The third kappa shape index (κ3) is 2.91. The van der Waals surface area contributed by atoms with Gasteiger partial charge in [-0.3, -0.25) is 0 Å². The molecule has 0 spiro atoms. The van der Waals surface area contributed by atoms with Crippen LogP contribution in [0.3, 0.4) is 0 Å². The zero-order valence-corrected chi connectivity index (χ0v) is 19.8. The molecule has 4 aromatic heterocycles. The van der Waals surface area contributed by atoms with Crippen molar-refractivity contribution in [2.24, 2.45) is 0 Å². The Bertz CT molecular complexity index is 1640. The highest BCUT2D eigenvalue weighted by molar-refractivity contribution is 7.18. The number of furan rings is 4. The van der Waals surface area contributed by atoms with Crippen molar-refractivity contribution in [2.75, 3.05) is 0 Å². The van der Waals surface area contributed by atoms with E-state index in [0.29, 0.717) is 0 Å². The van der Waals surface area contributed by atoms with Gasteiger partial charge in [-0.25, -0.2) is 0 Å². The summed E-state index contributed by atoms with van der Waals surface area (Å²) in [5, 5.41) is 4.03. The van der Waals surface area contributed by atoms with Gasteiger partial charge in [0.05, 0.1) is 0 Å². The Morgan fingerprint density at radius 2 is 0.568 bits per heavy atom. The van der Waals surface area contributed by atoms with E-state index >= 15 is 0 Å². The first-order valence-corrected chi connectivity index (χ1v) is 12.4. The van der Waals surface area contributed by atoms with Gasteiger partial charge in [-0.15, -0.1) is 0 Å². The molecule has 0 aliphatic heterocycles. The minimum atomic E-state index is -2.10. The van der Waals surface area contributed by atoms with Crippen LogP contribution in [-0.2, 0) is 0 Å². The van der Waals surface area contributed by atoms with Crippen LogP contribution >= 0.6 is 0 Å². The van der Waals surface area contributed by atoms with Crippen molar-refractivity contribution in [2.45, 2.75) is 0 Å². The van der Waals surface area contributed by atoms with Gasteiger partial charge in [0.1, 0.15) is 22.3 Å². The highest BCUT2D eigenvalue weighted by Crippen LogP contribution is 2.25. The maximum Gasteiger partial charge on any atom is 0.263 e. The molecule has 0 radical (unpaired) electrons. The normalized spacial score (nSPS) is 12.3. The minimum Gasteiger partial charge on any atom is -0.501 e. The van der Waals surface area contributed by atoms with Crippen LogP contribution in [0.2, 0.25) is 0 Å². The van der Waals surface area contributed by atoms with E-state index in [0.717, 1.165) is 66.5 Å². The van der Waals surface area contributed by atoms with Gasteiger partial charge in [0.25, 0.3) is 6.15 Å². The molecule has 0 saturated carbocycles. The summed E-state index contributed by atoms with van der Waals surface area (Å²) in [4.78, 5) is 0. The largest absolute Gasteiger partial charge is 0.501 e. The molecule has 0 fully saturated rings. The maximum atomic E-state index is 6.63. The van der Waals surface area contributed by atoms with Crippen molar-refractivity contribution in [1.82, 2.24) is 0 Å². The first-order valence-electron chi connectivity index (χ1n) is 12.4. The summed E-state index contributed by atoms with van der Waals surface area (Å²) in [7, 11) is 0. The van der Waals surface area contributed by atoms with Crippen LogP contribution in [0.4, 0.5) is 0 Å². The number of fused-ring (bicyclic) bond motifs is 4. The molecule has 0 N–H and O–H groups in total. The summed E-state index contributed by atoms with van der Waals surface area (Å²) in [6.45, 7) is 0. The number of benzene rings is 4. The van der Waals surface area contributed by atoms with Crippen LogP contribution in [0.5, 0.6) is 0 Å². The van der Waals surface area contributed by atoms with Gasteiger partial charge in [0.2, 0.25) is 0 Å². The highest BCUT2D eigenvalue weighted by Gasteiger charge is 2.44. The van der Waals surface area contributed by atoms with Gasteiger partial charge in [0, 0.05) is 21.5 Å². The molecule has 4 nitrogen and oxygen atoms in total. The minimum absolute atomic E-state index is 0.721.